The largest absolute Gasteiger partial charge is 0.508 e. The number of carboxylic acids is 1. The van der Waals surface area contributed by atoms with E-state index in [-0.39, 0.29) is 30.3 Å². The van der Waals surface area contributed by atoms with Gasteiger partial charge in [0, 0.05) is 30.9 Å². The van der Waals surface area contributed by atoms with E-state index in [1.54, 1.807) is 6.92 Å². The van der Waals surface area contributed by atoms with Crippen LogP contribution in [0.2, 0.25) is 0 Å². The maximum Gasteiger partial charge on any atom is 0.364 e. The predicted molar refractivity (Wildman–Crippen MR) is 239 cm³/mol. The van der Waals surface area contributed by atoms with Gasteiger partial charge in [0.05, 0.1) is 45.2 Å². The molecule has 21 atom stereocenters. The number of carboxylic acid groups (broad SMARTS) is 1. The highest BCUT2D eigenvalue weighted by atomic mass is 16.8. The molecule has 4 saturated heterocycles. The molecule has 26 heteroatoms. The number of ether oxygens (including phenoxy) is 9. The molecule has 0 radical (unpaired) electrons. The third-order valence-electron chi connectivity index (χ3n) is 13.6. The zero-order chi connectivity index (χ0) is 53.2. The van der Waals surface area contributed by atoms with Crippen molar-refractivity contribution in [3.8, 4) is 5.75 Å². The number of carbonyl (C=O) groups is 3. The molecule has 0 spiro atoms. The fourth-order valence-electron chi connectivity index (χ4n) is 9.17. The van der Waals surface area contributed by atoms with Gasteiger partial charge in [-0.2, -0.15) is 0 Å². The molecule has 4 aliphatic heterocycles. The summed E-state index contributed by atoms with van der Waals surface area (Å²) in [4.78, 5) is 38.7. The van der Waals surface area contributed by atoms with Crippen LogP contribution < -0.4 is 5.32 Å². The molecule has 0 bridgehead atoms. The van der Waals surface area contributed by atoms with E-state index in [0.717, 1.165) is 19.3 Å². The van der Waals surface area contributed by atoms with Crippen molar-refractivity contribution >= 4 is 17.8 Å². The third kappa shape index (κ3) is 14.1. The molecular formula is C46H73NO25. The van der Waals surface area contributed by atoms with Crippen molar-refractivity contribution in [1.29, 1.82) is 0 Å². The van der Waals surface area contributed by atoms with Gasteiger partial charge in [-0.25, -0.2) is 4.79 Å². The first-order valence-corrected chi connectivity index (χ1v) is 24.1. The zero-order valence-electron chi connectivity index (χ0n) is 40.5. The number of esters is 1. The second-order valence-corrected chi connectivity index (χ2v) is 18.7. The number of methoxy groups -OCH3 is 1. The second kappa shape index (κ2) is 26.9. The van der Waals surface area contributed by atoms with Crippen molar-refractivity contribution in [2.45, 2.75) is 194 Å². The van der Waals surface area contributed by atoms with E-state index in [2.05, 4.69) is 10.1 Å². The van der Waals surface area contributed by atoms with Crippen molar-refractivity contribution in [2.75, 3.05) is 33.5 Å². The van der Waals surface area contributed by atoms with Crippen LogP contribution >= 0.6 is 0 Å². The maximum absolute atomic E-state index is 14.2. The van der Waals surface area contributed by atoms with Gasteiger partial charge in [-0.3, -0.25) is 9.59 Å². The van der Waals surface area contributed by atoms with E-state index in [9.17, 15) is 80.8 Å². The number of aliphatic hydroxyl groups excluding tert-OH is 11. The molecule has 72 heavy (non-hydrogen) atoms. The van der Waals surface area contributed by atoms with Crippen LogP contribution in [0.5, 0.6) is 5.75 Å². The first-order valence-electron chi connectivity index (χ1n) is 24.1. The summed E-state index contributed by atoms with van der Waals surface area (Å²) in [7, 11) is 1.32. The normalized spacial score (nSPS) is 38.2. The van der Waals surface area contributed by atoms with E-state index in [4.69, 9.17) is 37.9 Å². The Kier molecular flexibility index (Phi) is 22.3. The van der Waals surface area contributed by atoms with Gasteiger partial charge in [0.2, 0.25) is 0 Å². The van der Waals surface area contributed by atoms with E-state index >= 15 is 0 Å². The molecule has 4 aliphatic rings. The molecule has 0 aliphatic carbocycles. The summed E-state index contributed by atoms with van der Waals surface area (Å²) in [5.74, 6) is -7.26. The van der Waals surface area contributed by atoms with Gasteiger partial charge >= 0.3 is 11.9 Å². The van der Waals surface area contributed by atoms with Gasteiger partial charge in [-0.1, -0.05) is 32.6 Å². The first kappa shape index (κ1) is 59.5. The standard InChI is InChI=1S/C46H73NO25/c1-20-15-23(51)12-13-24(20)41(61)47-30-39(70-43-35(59)34(58)31(55)22(3)66-43)38(28(19-50)68-42(30)65-14-10-8-6-5-7-9-11-29(54)64-4)69-44-36(60)40(33(57)27(18-49)67-44)72-46(45(62)63)16-25(52)21(2)37(71-46)32(56)26(53)17-48/h12-13,15,21-22,25-28,30-40,42-44,48-53,55-60H,5-11,14,16-19H2,1-4H3,(H,47,61)(H,62,63)/t21?,22?,25?,26-,27?,28?,30?,31?,32-,33?,34?,35?,36?,37?,38?,39?,40?,42?,43?,44?,46?/m1/s1. The highest BCUT2D eigenvalue weighted by Crippen LogP contribution is 2.41. The molecule has 5 rings (SSSR count). The number of hydrogen-bond acceptors (Lipinski definition) is 24. The minimum atomic E-state index is -3.00. The van der Waals surface area contributed by atoms with Crippen molar-refractivity contribution in [2.24, 2.45) is 5.92 Å². The number of nitrogens with one attached hydrogen (secondary N) is 1. The number of phenolic OH excluding ortho intramolecular Hbond substituents is 1. The number of unbranched alkanes of at least 4 members (excludes halogenated alkanes) is 5. The van der Waals surface area contributed by atoms with Crippen molar-refractivity contribution < 1.29 is 123 Å². The molecule has 412 valence electrons. The first-order chi connectivity index (χ1) is 34.1. The number of carbonyl (C=O) groups excluding carboxylic acids is 2. The quantitative estimate of drug-likeness (QED) is 0.0348. The Balaban J connectivity index is 1.50. The SMILES string of the molecule is COC(=O)CCCCCCCCOC1OC(CO)C(OC2OC(CO)C(O)C(OC3(C(=O)O)CC(O)C(C)C([C@H](O)[C@H](O)CO)O3)C2O)C(OC2OC(C)C(O)C(O)C2O)C1NC(=O)c1ccc(O)cc1C. The van der Waals surface area contributed by atoms with Crippen molar-refractivity contribution in [1.82, 2.24) is 5.32 Å². The number of hydrogen-bond donors (Lipinski definition) is 14. The van der Waals surface area contributed by atoms with E-state index in [0.29, 0.717) is 24.8 Å². The highest BCUT2D eigenvalue weighted by molar-refractivity contribution is 5.96. The minimum Gasteiger partial charge on any atom is -0.508 e. The highest BCUT2D eigenvalue weighted by Gasteiger charge is 2.60. The van der Waals surface area contributed by atoms with Gasteiger partial charge in [0.15, 0.2) is 18.9 Å². The molecule has 19 unspecified atom stereocenters. The van der Waals surface area contributed by atoms with Crippen LogP contribution in [-0.4, -0.2) is 240 Å². The average molecular weight is 1040 g/mol. The molecule has 0 saturated carbocycles. The van der Waals surface area contributed by atoms with Crippen LogP contribution in [0.3, 0.4) is 0 Å². The number of amides is 1. The second-order valence-electron chi connectivity index (χ2n) is 18.7. The number of phenols is 1. The molecule has 0 aromatic heterocycles. The lowest BCUT2D eigenvalue weighted by molar-refractivity contribution is -0.392. The molecular weight excluding hydrogens is 966 g/mol. The summed E-state index contributed by atoms with van der Waals surface area (Å²) < 4.78 is 53.0. The number of aliphatic carboxylic acids is 1. The maximum atomic E-state index is 14.2. The van der Waals surface area contributed by atoms with E-state index < -0.39 is 166 Å². The third-order valence-corrected chi connectivity index (χ3v) is 13.6. The lowest BCUT2D eigenvalue weighted by atomic mass is 9.84. The molecule has 14 N–H and O–H groups in total. The number of aliphatic hydroxyl groups is 11. The Bertz CT molecular complexity index is 1880. The fraction of sp³-hybridized carbons (Fsp3) is 0.804. The molecule has 4 heterocycles. The van der Waals surface area contributed by atoms with Crippen LogP contribution in [0.15, 0.2) is 18.2 Å². The van der Waals surface area contributed by atoms with Crippen molar-refractivity contribution in [3.05, 3.63) is 29.3 Å². The van der Waals surface area contributed by atoms with Gasteiger partial charge < -0.3 is 114 Å². The van der Waals surface area contributed by atoms with Crippen LogP contribution in [-0.2, 0) is 52.2 Å². The lowest BCUT2D eigenvalue weighted by Crippen LogP contribution is -2.70. The minimum absolute atomic E-state index is 0.00439. The van der Waals surface area contributed by atoms with E-state index in [1.807, 2.05) is 0 Å². The summed E-state index contributed by atoms with van der Waals surface area (Å²) in [6.07, 6.45) is -29.2. The lowest BCUT2D eigenvalue weighted by Gasteiger charge is -2.51. The Morgan fingerprint density at radius 2 is 1.40 bits per heavy atom. The zero-order valence-corrected chi connectivity index (χ0v) is 40.5. The Labute approximate surface area is 414 Å². The summed E-state index contributed by atoms with van der Waals surface area (Å²) in [5.41, 5.74) is 0.360. The fourth-order valence-corrected chi connectivity index (χ4v) is 9.17. The topological polar surface area (TPSA) is 409 Å². The summed E-state index contributed by atoms with van der Waals surface area (Å²) in [5, 5.41) is 142. The molecule has 1 aromatic carbocycles. The van der Waals surface area contributed by atoms with Gasteiger partial charge in [0.1, 0.15) is 85.0 Å². The number of rotatable bonds is 24. The van der Waals surface area contributed by atoms with Gasteiger partial charge in [-0.15, -0.1) is 0 Å². The molecule has 1 amide bonds. The summed E-state index contributed by atoms with van der Waals surface area (Å²) in [6, 6.07) is 2.35. The number of aryl methyl sites for hydroxylation is 1. The monoisotopic (exact) mass is 1040 g/mol. The van der Waals surface area contributed by atoms with Crippen LogP contribution in [0, 0.1) is 12.8 Å². The predicted octanol–water partition coefficient (Wildman–Crippen LogP) is -3.86. The summed E-state index contributed by atoms with van der Waals surface area (Å²) in [6.45, 7) is 1.31. The van der Waals surface area contributed by atoms with Crippen LogP contribution in [0.25, 0.3) is 0 Å². The number of benzene rings is 1. The Hall–Kier alpha value is -3.33. The van der Waals surface area contributed by atoms with Crippen molar-refractivity contribution in [3.63, 3.8) is 0 Å². The molecule has 26 nitrogen and oxygen atoms in total. The summed E-state index contributed by atoms with van der Waals surface area (Å²) >= 11 is 0. The Morgan fingerprint density at radius 3 is 2.03 bits per heavy atom. The number of aromatic hydroxyl groups is 1. The Morgan fingerprint density at radius 1 is 0.778 bits per heavy atom. The van der Waals surface area contributed by atoms with Gasteiger partial charge in [-0.05, 0) is 50.5 Å². The van der Waals surface area contributed by atoms with Gasteiger partial charge in [0.25, 0.3) is 11.7 Å². The molecule has 4 fully saturated rings. The van der Waals surface area contributed by atoms with Crippen LogP contribution in [0.4, 0.5) is 0 Å². The average Bonchev–Trinajstić information content (AvgIpc) is 3.35. The van der Waals surface area contributed by atoms with Crippen LogP contribution in [0.1, 0.15) is 81.1 Å². The van der Waals surface area contributed by atoms with E-state index in [1.165, 1.54) is 39.2 Å². The smallest absolute Gasteiger partial charge is 0.364 e. The molecule has 1 aromatic rings.